The Morgan fingerprint density at radius 3 is 2.16 bits per heavy atom. The van der Waals surface area contributed by atoms with E-state index in [1.54, 1.807) is 0 Å². The van der Waals surface area contributed by atoms with Gasteiger partial charge in [-0.25, -0.2) is 4.98 Å². The molecule has 3 nitrogen and oxygen atoms in total. The van der Waals surface area contributed by atoms with Crippen molar-refractivity contribution < 1.29 is 4.42 Å². The highest BCUT2D eigenvalue weighted by Crippen LogP contribution is 2.36. The number of fused-ring (bicyclic) bond motifs is 6. The lowest BCUT2D eigenvalue weighted by molar-refractivity contribution is 0.669. The van der Waals surface area contributed by atoms with E-state index in [0.717, 1.165) is 38.8 Å². The number of nitrogens with zero attached hydrogens (tertiary/aromatic N) is 2. The maximum Gasteiger partial charge on any atom is 0.137 e. The number of furan rings is 1. The Morgan fingerprint density at radius 2 is 1.25 bits per heavy atom. The number of aromatic nitrogens is 2. The molecular weight excluding hydrogens is 392 g/mol. The Morgan fingerprint density at radius 1 is 0.531 bits per heavy atom. The van der Waals surface area contributed by atoms with E-state index in [9.17, 15) is 0 Å². The second-order valence-corrected chi connectivity index (χ2v) is 8.08. The average molecular weight is 410 g/mol. The van der Waals surface area contributed by atoms with Gasteiger partial charge in [0, 0.05) is 27.7 Å². The van der Waals surface area contributed by atoms with Gasteiger partial charge in [-0.15, -0.1) is 0 Å². The molecule has 0 unspecified atom stereocenters. The summed E-state index contributed by atoms with van der Waals surface area (Å²) in [6.45, 7) is 0. The number of para-hydroxylation sites is 2. The van der Waals surface area contributed by atoms with Gasteiger partial charge in [0.05, 0.1) is 11.0 Å². The molecule has 32 heavy (non-hydrogen) atoms. The van der Waals surface area contributed by atoms with Gasteiger partial charge < -0.3 is 4.42 Å². The Balaban J connectivity index is 1.51. The van der Waals surface area contributed by atoms with E-state index in [1.807, 2.05) is 30.5 Å². The van der Waals surface area contributed by atoms with Gasteiger partial charge in [0.2, 0.25) is 0 Å². The molecule has 0 saturated heterocycles. The summed E-state index contributed by atoms with van der Waals surface area (Å²) in [6, 6.07) is 35.9. The van der Waals surface area contributed by atoms with Crippen LogP contribution in [0.2, 0.25) is 0 Å². The lowest BCUT2D eigenvalue weighted by Gasteiger charge is -2.08. The largest absolute Gasteiger partial charge is 0.456 e. The van der Waals surface area contributed by atoms with Gasteiger partial charge in [0.15, 0.2) is 0 Å². The van der Waals surface area contributed by atoms with Crippen molar-refractivity contribution in [2.75, 3.05) is 0 Å². The molecule has 0 amide bonds. The van der Waals surface area contributed by atoms with Crippen LogP contribution in [0.15, 0.2) is 114 Å². The molecule has 0 atom stereocenters. The predicted octanol–water partition coefficient (Wildman–Crippen LogP) is 7.75. The third-order valence-corrected chi connectivity index (χ3v) is 6.26. The molecule has 0 N–H and O–H groups in total. The minimum absolute atomic E-state index is 0.915. The second kappa shape index (κ2) is 6.56. The summed E-state index contributed by atoms with van der Waals surface area (Å²) >= 11 is 0. The minimum atomic E-state index is 0.915. The van der Waals surface area contributed by atoms with Crippen molar-refractivity contribution in [3.8, 4) is 16.9 Å². The topological polar surface area (TPSA) is 31.0 Å². The van der Waals surface area contributed by atoms with E-state index in [4.69, 9.17) is 4.42 Å². The van der Waals surface area contributed by atoms with E-state index in [-0.39, 0.29) is 0 Å². The first-order valence-corrected chi connectivity index (χ1v) is 10.7. The number of rotatable bonds is 2. The van der Waals surface area contributed by atoms with Crippen LogP contribution < -0.4 is 0 Å². The van der Waals surface area contributed by atoms with Crippen LogP contribution in [-0.2, 0) is 0 Å². The van der Waals surface area contributed by atoms with Gasteiger partial charge in [-0.3, -0.25) is 4.57 Å². The van der Waals surface area contributed by atoms with Crippen LogP contribution in [0, 0.1) is 0 Å². The molecule has 7 aromatic rings. The van der Waals surface area contributed by atoms with Crippen molar-refractivity contribution in [3.63, 3.8) is 0 Å². The molecule has 0 radical (unpaired) electrons. The van der Waals surface area contributed by atoms with Crippen LogP contribution in [0.25, 0.3) is 60.7 Å². The van der Waals surface area contributed by atoms with E-state index >= 15 is 0 Å². The van der Waals surface area contributed by atoms with E-state index in [1.165, 1.54) is 21.9 Å². The van der Waals surface area contributed by atoms with Crippen LogP contribution in [0.1, 0.15) is 0 Å². The third-order valence-electron chi connectivity index (χ3n) is 6.26. The average Bonchev–Trinajstić information content (AvgIpc) is 3.39. The fourth-order valence-corrected chi connectivity index (χ4v) is 4.79. The number of hydrogen-bond donors (Lipinski definition) is 0. The van der Waals surface area contributed by atoms with Crippen LogP contribution in [0.5, 0.6) is 0 Å². The minimum Gasteiger partial charge on any atom is -0.456 e. The van der Waals surface area contributed by atoms with E-state index in [2.05, 4.69) is 88.4 Å². The highest BCUT2D eigenvalue weighted by atomic mass is 16.3. The molecule has 3 heterocycles. The van der Waals surface area contributed by atoms with Crippen LogP contribution >= 0.6 is 0 Å². The summed E-state index contributed by atoms with van der Waals surface area (Å²) in [7, 11) is 0. The Bertz CT molecular complexity index is 1770. The van der Waals surface area contributed by atoms with Gasteiger partial charge >= 0.3 is 0 Å². The van der Waals surface area contributed by atoms with E-state index < -0.39 is 0 Å². The quantitative estimate of drug-likeness (QED) is 0.292. The van der Waals surface area contributed by atoms with Crippen molar-refractivity contribution in [3.05, 3.63) is 109 Å². The molecule has 0 aliphatic heterocycles. The number of pyridine rings is 1. The standard InChI is InChI=1S/C29H18N2O/c1-3-9-25-21(7-1)22-14-12-20(18-26(22)31(25)29-11-5-6-16-30-29)19-13-15-28-24(17-19)23-8-2-4-10-27(23)32-28/h1-18H. The summed E-state index contributed by atoms with van der Waals surface area (Å²) in [5.74, 6) is 0.923. The molecular formula is C29H18N2O. The summed E-state index contributed by atoms with van der Waals surface area (Å²) < 4.78 is 8.27. The van der Waals surface area contributed by atoms with E-state index in [0.29, 0.717) is 0 Å². The van der Waals surface area contributed by atoms with Crippen LogP contribution in [0.3, 0.4) is 0 Å². The summed E-state index contributed by atoms with van der Waals surface area (Å²) in [5, 5.41) is 4.75. The molecule has 0 saturated carbocycles. The molecule has 3 heteroatoms. The highest BCUT2D eigenvalue weighted by molar-refractivity contribution is 6.11. The maximum absolute atomic E-state index is 6.02. The van der Waals surface area contributed by atoms with Gasteiger partial charge in [0.25, 0.3) is 0 Å². The second-order valence-electron chi connectivity index (χ2n) is 8.08. The van der Waals surface area contributed by atoms with Gasteiger partial charge in [-0.1, -0.05) is 60.7 Å². The van der Waals surface area contributed by atoms with Gasteiger partial charge in [-0.2, -0.15) is 0 Å². The van der Waals surface area contributed by atoms with Crippen LogP contribution in [0.4, 0.5) is 0 Å². The van der Waals surface area contributed by atoms with Gasteiger partial charge in [-0.05, 0) is 53.6 Å². The summed E-state index contributed by atoms with van der Waals surface area (Å²) in [6.07, 6.45) is 1.84. The zero-order chi connectivity index (χ0) is 21.1. The first-order chi connectivity index (χ1) is 15.9. The first kappa shape index (κ1) is 17.3. The highest BCUT2D eigenvalue weighted by Gasteiger charge is 2.14. The molecule has 0 bridgehead atoms. The van der Waals surface area contributed by atoms with Crippen molar-refractivity contribution in [1.82, 2.24) is 9.55 Å². The molecule has 0 fully saturated rings. The normalized spacial score (nSPS) is 11.8. The monoisotopic (exact) mass is 410 g/mol. The fourth-order valence-electron chi connectivity index (χ4n) is 4.79. The molecule has 0 aliphatic rings. The Hall–Kier alpha value is -4.37. The molecule has 4 aromatic carbocycles. The van der Waals surface area contributed by atoms with Gasteiger partial charge in [0.1, 0.15) is 17.0 Å². The number of hydrogen-bond acceptors (Lipinski definition) is 2. The molecule has 0 spiro atoms. The smallest absolute Gasteiger partial charge is 0.137 e. The Labute approximate surface area is 184 Å². The van der Waals surface area contributed by atoms with Crippen molar-refractivity contribution in [2.24, 2.45) is 0 Å². The van der Waals surface area contributed by atoms with Crippen molar-refractivity contribution in [2.45, 2.75) is 0 Å². The lowest BCUT2D eigenvalue weighted by atomic mass is 10.0. The summed E-state index contributed by atoms with van der Waals surface area (Å²) in [5.41, 5.74) is 6.49. The lowest BCUT2D eigenvalue weighted by Crippen LogP contribution is -1.96. The molecule has 0 aliphatic carbocycles. The molecule has 150 valence electrons. The third kappa shape index (κ3) is 2.45. The molecule has 7 rings (SSSR count). The Kier molecular flexibility index (Phi) is 3.55. The van der Waals surface area contributed by atoms with Crippen LogP contribution in [-0.4, -0.2) is 9.55 Å². The first-order valence-electron chi connectivity index (χ1n) is 10.7. The molecule has 3 aromatic heterocycles. The SMILES string of the molecule is c1ccc(-n2c3ccccc3c3ccc(-c4ccc5oc6ccccc6c5c4)cc32)nc1. The number of benzene rings is 4. The zero-order valence-corrected chi connectivity index (χ0v) is 17.2. The van der Waals surface area contributed by atoms with Crippen molar-refractivity contribution in [1.29, 1.82) is 0 Å². The fraction of sp³-hybridized carbons (Fsp3) is 0. The maximum atomic E-state index is 6.02. The summed E-state index contributed by atoms with van der Waals surface area (Å²) in [4.78, 5) is 4.64. The predicted molar refractivity (Wildman–Crippen MR) is 131 cm³/mol. The zero-order valence-electron chi connectivity index (χ0n) is 17.2. The van der Waals surface area contributed by atoms with Crippen molar-refractivity contribution >= 4 is 43.7 Å².